The minimum Gasteiger partial charge on any atom is -0.353 e. The number of aromatic nitrogens is 1. The van der Waals surface area contributed by atoms with Crippen LogP contribution in [0.25, 0.3) is 0 Å². The highest BCUT2D eigenvalue weighted by Crippen LogP contribution is 2.24. The van der Waals surface area contributed by atoms with Gasteiger partial charge in [0.2, 0.25) is 0 Å². The molecule has 3 nitrogen and oxygen atoms in total. The van der Waals surface area contributed by atoms with Gasteiger partial charge in [0.1, 0.15) is 5.82 Å². The van der Waals surface area contributed by atoms with Crippen LogP contribution in [0.15, 0.2) is 12.1 Å². The highest BCUT2D eigenvalue weighted by atomic mass is 15.2. The molecule has 0 aliphatic rings. The third-order valence-corrected chi connectivity index (χ3v) is 3.96. The van der Waals surface area contributed by atoms with Crippen LogP contribution in [0.5, 0.6) is 0 Å². The molecule has 0 aliphatic heterocycles. The van der Waals surface area contributed by atoms with E-state index in [9.17, 15) is 0 Å². The highest BCUT2D eigenvalue weighted by Gasteiger charge is 2.19. The van der Waals surface area contributed by atoms with E-state index in [1.807, 2.05) is 0 Å². The van der Waals surface area contributed by atoms with Crippen molar-refractivity contribution in [2.75, 3.05) is 11.4 Å². The van der Waals surface area contributed by atoms with Crippen LogP contribution < -0.4 is 10.6 Å². The lowest BCUT2D eigenvalue weighted by molar-refractivity contribution is 0.502. The third kappa shape index (κ3) is 4.99. The van der Waals surface area contributed by atoms with Crippen LogP contribution in [0.2, 0.25) is 0 Å². The average Bonchev–Trinajstić information content (AvgIpc) is 2.46. The summed E-state index contributed by atoms with van der Waals surface area (Å²) in [5.74, 6) is 2.15. The Morgan fingerprint density at radius 3 is 2.14 bits per heavy atom. The molecule has 0 atom stereocenters. The van der Waals surface area contributed by atoms with Crippen molar-refractivity contribution < 1.29 is 0 Å². The van der Waals surface area contributed by atoms with E-state index in [1.165, 1.54) is 5.56 Å². The SMILES string of the molecule is CCC(CC)N(CC(C)C)c1cc(CN)cc(C(C)C)n1. The molecule has 0 radical (unpaired) electrons. The van der Waals surface area contributed by atoms with E-state index in [0.717, 1.165) is 30.9 Å². The normalized spacial score (nSPS) is 11.7. The molecule has 1 aromatic rings. The maximum atomic E-state index is 5.88. The van der Waals surface area contributed by atoms with Gasteiger partial charge in [-0.1, -0.05) is 41.5 Å². The third-order valence-electron chi connectivity index (χ3n) is 3.96. The zero-order valence-electron chi connectivity index (χ0n) is 14.7. The summed E-state index contributed by atoms with van der Waals surface area (Å²) in [6.07, 6.45) is 2.30. The molecule has 1 heterocycles. The second-order valence-electron chi connectivity index (χ2n) is 6.63. The van der Waals surface area contributed by atoms with Gasteiger partial charge >= 0.3 is 0 Å². The zero-order chi connectivity index (χ0) is 16.0. The van der Waals surface area contributed by atoms with Gasteiger partial charge in [0.15, 0.2) is 0 Å². The Morgan fingerprint density at radius 2 is 1.71 bits per heavy atom. The first kappa shape index (κ1) is 18.0. The Bertz CT molecular complexity index is 422. The van der Waals surface area contributed by atoms with Gasteiger partial charge in [0, 0.05) is 24.8 Å². The Labute approximate surface area is 130 Å². The number of hydrogen-bond acceptors (Lipinski definition) is 3. The molecule has 2 N–H and O–H groups in total. The van der Waals surface area contributed by atoms with Crippen molar-refractivity contribution in [2.24, 2.45) is 11.7 Å². The van der Waals surface area contributed by atoms with Crippen LogP contribution in [0.4, 0.5) is 5.82 Å². The van der Waals surface area contributed by atoms with E-state index >= 15 is 0 Å². The van der Waals surface area contributed by atoms with Crippen LogP contribution in [-0.2, 0) is 6.54 Å². The van der Waals surface area contributed by atoms with Crippen LogP contribution in [0.1, 0.15) is 71.6 Å². The number of rotatable bonds is 8. The summed E-state index contributed by atoms with van der Waals surface area (Å²) in [5.41, 5.74) is 8.21. The lowest BCUT2D eigenvalue weighted by Crippen LogP contribution is -2.38. The first-order chi connectivity index (χ1) is 9.92. The van der Waals surface area contributed by atoms with E-state index in [-0.39, 0.29) is 0 Å². The number of pyridine rings is 1. The second-order valence-corrected chi connectivity index (χ2v) is 6.63. The van der Waals surface area contributed by atoms with E-state index < -0.39 is 0 Å². The zero-order valence-corrected chi connectivity index (χ0v) is 14.7. The number of anilines is 1. The molecule has 1 aromatic heterocycles. The molecule has 0 bridgehead atoms. The molecule has 0 fully saturated rings. The van der Waals surface area contributed by atoms with Crippen molar-refractivity contribution in [3.63, 3.8) is 0 Å². The molecule has 0 unspecified atom stereocenters. The molecule has 0 aromatic carbocycles. The molecular formula is C18H33N3. The maximum absolute atomic E-state index is 5.88. The summed E-state index contributed by atoms with van der Waals surface area (Å²) < 4.78 is 0. The van der Waals surface area contributed by atoms with Crippen LogP contribution >= 0.6 is 0 Å². The first-order valence-corrected chi connectivity index (χ1v) is 8.40. The predicted molar refractivity (Wildman–Crippen MR) is 92.8 cm³/mol. The van der Waals surface area contributed by atoms with Gasteiger partial charge in [-0.15, -0.1) is 0 Å². The molecule has 120 valence electrons. The summed E-state index contributed by atoms with van der Waals surface area (Å²) in [4.78, 5) is 7.40. The van der Waals surface area contributed by atoms with Crippen molar-refractivity contribution in [3.8, 4) is 0 Å². The fraction of sp³-hybridized carbons (Fsp3) is 0.722. The molecule has 3 heteroatoms. The Kier molecular flexibility index (Phi) is 7.16. The summed E-state index contributed by atoms with van der Waals surface area (Å²) in [6, 6.07) is 4.87. The minimum atomic E-state index is 0.429. The fourth-order valence-corrected chi connectivity index (χ4v) is 2.71. The number of nitrogens with two attached hydrogens (primary N) is 1. The minimum absolute atomic E-state index is 0.429. The average molecular weight is 291 g/mol. The van der Waals surface area contributed by atoms with E-state index in [0.29, 0.717) is 24.4 Å². The molecule has 0 amide bonds. The maximum Gasteiger partial charge on any atom is 0.129 e. The molecule has 0 saturated carbocycles. The lowest BCUT2D eigenvalue weighted by atomic mass is 10.0. The summed E-state index contributed by atoms with van der Waals surface area (Å²) >= 11 is 0. The first-order valence-electron chi connectivity index (χ1n) is 8.40. The predicted octanol–water partition coefficient (Wildman–Crippen LogP) is 4.31. The highest BCUT2D eigenvalue weighted by molar-refractivity contribution is 5.44. The van der Waals surface area contributed by atoms with Gasteiger partial charge in [-0.05, 0) is 42.4 Å². The van der Waals surface area contributed by atoms with Crippen molar-refractivity contribution in [1.29, 1.82) is 0 Å². The van der Waals surface area contributed by atoms with Gasteiger partial charge in [0.25, 0.3) is 0 Å². The standard InChI is InChI=1S/C18H33N3/c1-7-16(8-2)21(12-13(3)4)18-10-15(11-19)9-17(20-18)14(5)6/h9-10,13-14,16H,7-8,11-12,19H2,1-6H3. The van der Waals surface area contributed by atoms with Gasteiger partial charge in [-0.2, -0.15) is 0 Å². The summed E-state index contributed by atoms with van der Waals surface area (Å²) in [5, 5.41) is 0. The van der Waals surface area contributed by atoms with Crippen molar-refractivity contribution in [1.82, 2.24) is 4.98 Å². The van der Waals surface area contributed by atoms with Crippen molar-refractivity contribution in [3.05, 3.63) is 23.4 Å². The summed E-state index contributed by atoms with van der Waals surface area (Å²) in [6.45, 7) is 15.1. The van der Waals surface area contributed by atoms with E-state index in [4.69, 9.17) is 10.7 Å². The quantitative estimate of drug-likeness (QED) is 0.776. The van der Waals surface area contributed by atoms with Gasteiger partial charge in [0.05, 0.1) is 0 Å². The summed E-state index contributed by atoms with van der Waals surface area (Å²) in [7, 11) is 0. The van der Waals surface area contributed by atoms with Crippen molar-refractivity contribution >= 4 is 5.82 Å². The smallest absolute Gasteiger partial charge is 0.129 e. The Balaban J connectivity index is 3.24. The van der Waals surface area contributed by atoms with E-state index in [2.05, 4.69) is 58.6 Å². The molecular weight excluding hydrogens is 258 g/mol. The number of hydrogen-bond donors (Lipinski definition) is 1. The van der Waals surface area contributed by atoms with Gasteiger partial charge in [-0.3, -0.25) is 0 Å². The largest absolute Gasteiger partial charge is 0.353 e. The Hall–Kier alpha value is -1.09. The monoisotopic (exact) mass is 291 g/mol. The number of nitrogens with zero attached hydrogens (tertiary/aromatic N) is 2. The molecule has 1 rings (SSSR count). The molecule has 21 heavy (non-hydrogen) atoms. The van der Waals surface area contributed by atoms with Crippen LogP contribution in [-0.4, -0.2) is 17.6 Å². The molecule has 0 spiro atoms. The second kappa shape index (κ2) is 8.38. The topological polar surface area (TPSA) is 42.1 Å². The fourth-order valence-electron chi connectivity index (χ4n) is 2.71. The van der Waals surface area contributed by atoms with Gasteiger partial charge < -0.3 is 10.6 Å². The van der Waals surface area contributed by atoms with E-state index in [1.54, 1.807) is 0 Å². The van der Waals surface area contributed by atoms with Gasteiger partial charge in [-0.25, -0.2) is 4.98 Å². The lowest BCUT2D eigenvalue weighted by Gasteiger charge is -2.34. The van der Waals surface area contributed by atoms with Crippen LogP contribution in [0, 0.1) is 5.92 Å². The molecule has 0 aliphatic carbocycles. The molecule has 0 saturated heterocycles. The Morgan fingerprint density at radius 1 is 1.10 bits per heavy atom. The van der Waals surface area contributed by atoms with Crippen molar-refractivity contribution in [2.45, 2.75) is 72.9 Å². The van der Waals surface area contributed by atoms with Crippen LogP contribution in [0.3, 0.4) is 0 Å².